The molecular formula is C14H18FN. The van der Waals surface area contributed by atoms with Gasteiger partial charge in [-0.05, 0) is 31.4 Å². The van der Waals surface area contributed by atoms with Crippen molar-refractivity contribution in [2.75, 3.05) is 0 Å². The number of halogens is 1. The Bertz CT molecular complexity index is 430. The molecule has 1 rings (SSSR count). The lowest BCUT2D eigenvalue weighted by atomic mass is 9.95. The van der Waals surface area contributed by atoms with Crippen LogP contribution in [0.4, 0.5) is 4.39 Å². The normalized spacial score (nSPS) is 12.0. The van der Waals surface area contributed by atoms with Crippen molar-refractivity contribution < 1.29 is 4.39 Å². The summed E-state index contributed by atoms with van der Waals surface area (Å²) in [5, 5.41) is 0. The Kier molecular flexibility index (Phi) is 3.99. The molecule has 0 atom stereocenters. The maximum Gasteiger partial charge on any atom is 0.126 e. The topological polar surface area (TPSA) is 12.4 Å². The van der Waals surface area contributed by atoms with E-state index in [0.717, 1.165) is 17.0 Å². The second-order valence-electron chi connectivity index (χ2n) is 4.30. The number of benzene rings is 1. The molecule has 0 aromatic heterocycles. The summed E-state index contributed by atoms with van der Waals surface area (Å²) < 4.78 is 13.5. The molecular weight excluding hydrogens is 201 g/mol. The van der Waals surface area contributed by atoms with Gasteiger partial charge in [-0.25, -0.2) is 4.39 Å². The van der Waals surface area contributed by atoms with Gasteiger partial charge in [0.05, 0.1) is 5.71 Å². The molecule has 86 valence electrons. The number of allylic oxidation sites excluding steroid dienone is 1. The molecule has 16 heavy (non-hydrogen) atoms. The van der Waals surface area contributed by atoms with Gasteiger partial charge < -0.3 is 0 Å². The van der Waals surface area contributed by atoms with Gasteiger partial charge in [-0.2, -0.15) is 0 Å². The Morgan fingerprint density at radius 1 is 1.38 bits per heavy atom. The summed E-state index contributed by atoms with van der Waals surface area (Å²) in [5.74, 6) is 0.0600. The highest BCUT2D eigenvalue weighted by Crippen LogP contribution is 2.18. The van der Waals surface area contributed by atoms with E-state index in [1.807, 2.05) is 26.8 Å². The molecule has 1 aromatic rings. The molecule has 0 saturated heterocycles. The zero-order valence-electron chi connectivity index (χ0n) is 10.3. The van der Waals surface area contributed by atoms with Gasteiger partial charge in [0, 0.05) is 11.3 Å². The lowest BCUT2D eigenvalue weighted by molar-refractivity contribution is 0.618. The molecule has 0 fully saturated rings. The first-order chi connectivity index (χ1) is 7.43. The Labute approximate surface area is 96.7 Å². The third-order valence-corrected chi connectivity index (χ3v) is 2.40. The number of hydrogen-bond donors (Lipinski definition) is 0. The van der Waals surface area contributed by atoms with Crippen molar-refractivity contribution in [2.24, 2.45) is 10.9 Å². The molecule has 0 bridgehead atoms. The summed E-state index contributed by atoms with van der Waals surface area (Å²) in [4.78, 5) is 4.40. The van der Waals surface area contributed by atoms with E-state index in [-0.39, 0.29) is 11.7 Å². The number of hydrogen-bond acceptors (Lipinski definition) is 1. The van der Waals surface area contributed by atoms with Crippen LogP contribution in [0.25, 0.3) is 0 Å². The zero-order chi connectivity index (χ0) is 12.3. The standard InChI is InChI=1S/C14H18FN/c1-9(2)14(16-10(3)4)12-7-6-8-13(15)11(12)5/h6-9H,3H2,1-2,4-5H3/b16-14-. The van der Waals surface area contributed by atoms with Crippen LogP contribution in [0, 0.1) is 18.7 Å². The largest absolute Gasteiger partial charge is 0.258 e. The maximum absolute atomic E-state index is 13.5. The fourth-order valence-electron chi connectivity index (χ4n) is 1.59. The van der Waals surface area contributed by atoms with Gasteiger partial charge >= 0.3 is 0 Å². The quantitative estimate of drug-likeness (QED) is 0.678. The molecule has 0 unspecified atom stereocenters. The van der Waals surface area contributed by atoms with E-state index in [9.17, 15) is 4.39 Å². The van der Waals surface area contributed by atoms with Gasteiger partial charge in [0.1, 0.15) is 5.82 Å². The summed E-state index contributed by atoms with van der Waals surface area (Å²) in [7, 11) is 0. The van der Waals surface area contributed by atoms with Gasteiger partial charge in [-0.15, -0.1) is 0 Å². The predicted molar refractivity (Wildman–Crippen MR) is 67.3 cm³/mol. The lowest BCUT2D eigenvalue weighted by Crippen LogP contribution is -2.12. The van der Waals surface area contributed by atoms with E-state index in [0.29, 0.717) is 5.56 Å². The minimum atomic E-state index is -0.187. The monoisotopic (exact) mass is 219 g/mol. The second kappa shape index (κ2) is 5.06. The van der Waals surface area contributed by atoms with Crippen molar-refractivity contribution in [3.05, 3.63) is 47.4 Å². The van der Waals surface area contributed by atoms with Crippen LogP contribution in [0.2, 0.25) is 0 Å². The highest BCUT2D eigenvalue weighted by atomic mass is 19.1. The van der Waals surface area contributed by atoms with Crippen LogP contribution in [-0.4, -0.2) is 5.71 Å². The van der Waals surface area contributed by atoms with Crippen LogP contribution in [0.5, 0.6) is 0 Å². The maximum atomic E-state index is 13.5. The van der Waals surface area contributed by atoms with Gasteiger partial charge in [0.2, 0.25) is 0 Å². The Morgan fingerprint density at radius 3 is 2.50 bits per heavy atom. The lowest BCUT2D eigenvalue weighted by Gasteiger charge is -2.13. The third kappa shape index (κ3) is 2.78. The number of rotatable bonds is 3. The molecule has 1 aromatic carbocycles. The van der Waals surface area contributed by atoms with Gasteiger partial charge in [-0.1, -0.05) is 32.6 Å². The first-order valence-corrected chi connectivity index (χ1v) is 5.43. The summed E-state index contributed by atoms with van der Waals surface area (Å²) in [6.45, 7) is 11.5. The van der Waals surface area contributed by atoms with Crippen molar-refractivity contribution in [3.63, 3.8) is 0 Å². The molecule has 1 nitrogen and oxygen atoms in total. The van der Waals surface area contributed by atoms with Gasteiger partial charge in [0.15, 0.2) is 0 Å². The van der Waals surface area contributed by atoms with Crippen LogP contribution in [0.15, 0.2) is 35.5 Å². The first kappa shape index (κ1) is 12.6. The number of nitrogens with zero attached hydrogens (tertiary/aromatic N) is 1. The smallest absolute Gasteiger partial charge is 0.126 e. The average molecular weight is 219 g/mol. The van der Waals surface area contributed by atoms with E-state index in [4.69, 9.17) is 0 Å². The highest BCUT2D eigenvalue weighted by Gasteiger charge is 2.13. The van der Waals surface area contributed by atoms with E-state index in [1.165, 1.54) is 6.07 Å². The molecule has 0 aliphatic heterocycles. The van der Waals surface area contributed by atoms with Crippen LogP contribution < -0.4 is 0 Å². The molecule has 0 N–H and O–H groups in total. The fraction of sp³-hybridized carbons (Fsp3) is 0.357. The molecule has 2 heteroatoms. The molecule has 0 aliphatic rings. The summed E-state index contributed by atoms with van der Waals surface area (Å²) in [6.07, 6.45) is 0. The SMILES string of the molecule is C=C(C)/N=C(\c1cccc(F)c1C)C(C)C. The first-order valence-electron chi connectivity index (χ1n) is 5.43. The zero-order valence-corrected chi connectivity index (χ0v) is 10.3. The van der Waals surface area contributed by atoms with E-state index in [2.05, 4.69) is 11.6 Å². The van der Waals surface area contributed by atoms with E-state index >= 15 is 0 Å². The Balaban J connectivity index is 3.33. The third-order valence-electron chi connectivity index (χ3n) is 2.40. The molecule has 0 saturated carbocycles. The van der Waals surface area contributed by atoms with Crippen molar-refractivity contribution in [3.8, 4) is 0 Å². The molecule has 0 radical (unpaired) electrons. The fourth-order valence-corrected chi connectivity index (χ4v) is 1.59. The van der Waals surface area contributed by atoms with Gasteiger partial charge in [-0.3, -0.25) is 4.99 Å². The van der Waals surface area contributed by atoms with E-state index < -0.39 is 0 Å². The van der Waals surface area contributed by atoms with Crippen molar-refractivity contribution in [1.29, 1.82) is 0 Å². The minimum absolute atomic E-state index is 0.187. The predicted octanol–water partition coefficient (Wildman–Crippen LogP) is 4.11. The van der Waals surface area contributed by atoms with Crippen LogP contribution in [0.3, 0.4) is 0 Å². The van der Waals surface area contributed by atoms with Crippen molar-refractivity contribution in [1.82, 2.24) is 0 Å². The molecule has 0 amide bonds. The molecule has 0 aliphatic carbocycles. The summed E-state index contributed by atoms with van der Waals surface area (Å²) in [5.41, 5.74) is 3.16. The highest BCUT2D eigenvalue weighted by molar-refractivity contribution is 6.03. The molecule has 0 heterocycles. The van der Waals surface area contributed by atoms with Crippen LogP contribution in [-0.2, 0) is 0 Å². The second-order valence-corrected chi connectivity index (χ2v) is 4.30. The van der Waals surface area contributed by atoms with E-state index in [1.54, 1.807) is 13.0 Å². The Morgan fingerprint density at radius 2 is 2.00 bits per heavy atom. The number of aliphatic imine (C=N–C) groups is 1. The summed E-state index contributed by atoms with van der Waals surface area (Å²) in [6, 6.07) is 5.09. The van der Waals surface area contributed by atoms with Crippen molar-refractivity contribution >= 4 is 5.71 Å². The van der Waals surface area contributed by atoms with Crippen LogP contribution in [0.1, 0.15) is 31.9 Å². The average Bonchev–Trinajstić information content (AvgIpc) is 2.18. The molecule has 0 spiro atoms. The van der Waals surface area contributed by atoms with Crippen molar-refractivity contribution in [2.45, 2.75) is 27.7 Å². The summed E-state index contributed by atoms with van der Waals surface area (Å²) >= 11 is 0. The minimum Gasteiger partial charge on any atom is -0.258 e. The van der Waals surface area contributed by atoms with Gasteiger partial charge in [0.25, 0.3) is 0 Å². The van der Waals surface area contributed by atoms with Crippen LogP contribution >= 0.6 is 0 Å². The Hall–Kier alpha value is -1.44.